The fourth-order valence-electron chi connectivity index (χ4n) is 3.63. The van der Waals surface area contributed by atoms with Crippen LogP contribution in [0.3, 0.4) is 0 Å². The SMILES string of the molecule is O=C1CC2(CCCCC2)CC(O)=C1C=Nc1cc(F)ccc1F. The van der Waals surface area contributed by atoms with E-state index in [-0.39, 0.29) is 28.2 Å². The highest BCUT2D eigenvalue weighted by Gasteiger charge is 2.40. The van der Waals surface area contributed by atoms with Crippen LogP contribution in [0.1, 0.15) is 44.9 Å². The quantitative estimate of drug-likeness (QED) is 0.797. The summed E-state index contributed by atoms with van der Waals surface area (Å²) >= 11 is 0. The van der Waals surface area contributed by atoms with Crippen molar-refractivity contribution in [1.82, 2.24) is 0 Å². The van der Waals surface area contributed by atoms with E-state index in [0.717, 1.165) is 50.1 Å². The lowest BCUT2D eigenvalue weighted by atomic mass is 9.65. The lowest BCUT2D eigenvalue weighted by molar-refractivity contribution is -0.119. The molecule has 3 nitrogen and oxygen atoms in total. The van der Waals surface area contributed by atoms with Crippen LogP contribution < -0.4 is 0 Å². The van der Waals surface area contributed by atoms with Gasteiger partial charge in [0.1, 0.15) is 23.1 Å². The Morgan fingerprint density at radius 2 is 1.87 bits per heavy atom. The molecule has 1 aromatic carbocycles. The smallest absolute Gasteiger partial charge is 0.168 e. The zero-order valence-electron chi connectivity index (χ0n) is 12.8. The van der Waals surface area contributed by atoms with Crippen LogP contribution in [0.2, 0.25) is 0 Å². The number of allylic oxidation sites excluding steroid dienone is 2. The Balaban J connectivity index is 1.84. The maximum Gasteiger partial charge on any atom is 0.168 e. The van der Waals surface area contributed by atoms with Crippen molar-refractivity contribution in [2.75, 3.05) is 0 Å². The van der Waals surface area contributed by atoms with E-state index in [9.17, 15) is 18.7 Å². The summed E-state index contributed by atoms with van der Waals surface area (Å²) in [4.78, 5) is 16.2. The first-order valence-corrected chi connectivity index (χ1v) is 7.94. The summed E-state index contributed by atoms with van der Waals surface area (Å²) in [6.45, 7) is 0. The van der Waals surface area contributed by atoms with Gasteiger partial charge < -0.3 is 5.11 Å². The first-order chi connectivity index (χ1) is 11.0. The van der Waals surface area contributed by atoms with E-state index < -0.39 is 11.6 Å². The number of hydrogen-bond acceptors (Lipinski definition) is 3. The molecule has 1 aromatic rings. The molecule has 0 heterocycles. The van der Waals surface area contributed by atoms with Gasteiger partial charge >= 0.3 is 0 Å². The lowest BCUT2D eigenvalue weighted by Gasteiger charge is -2.39. The van der Waals surface area contributed by atoms with Crippen molar-refractivity contribution in [1.29, 1.82) is 0 Å². The third-order valence-corrected chi connectivity index (χ3v) is 4.84. The molecule has 3 rings (SSSR count). The largest absolute Gasteiger partial charge is 0.511 e. The molecule has 0 aromatic heterocycles. The van der Waals surface area contributed by atoms with E-state index in [1.165, 1.54) is 6.42 Å². The monoisotopic (exact) mass is 319 g/mol. The maximum absolute atomic E-state index is 13.6. The van der Waals surface area contributed by atoms with Crippen LogP contribution in [-0.4, -0.2) is 17.1 Å². The minimum atomic E-state index is -0.672. The fraction of sp³-hybridized carbons (Fsp3) is 0.444. The van der Waals surface area contributed by atoms with Crippen LogP contribution in [0.15, 0.2) is 34.5 Å². The highest BCUT2D eigenvalue weighted by atomic mass is 19.1. The van der Waals surface area contributed by atoms with Gasteiger partial charge in [0, 0.05) is 25.1 Å². The molecule has 0 amide bonds. The molecule has 1 saturated carbocycles. The van der Waals surface area contributed by atoms with Crippen molar-refractivity contribution in [2.24, 2.45) is 10.4 Å². The summed E-state index contributed by atoms with van der Waals surface area (Å²) in [7, 11) is 0. The number of rotatable bonds is 2. The van der Waals surface area contributed by atoms with Crippen LogP contribution in [0.4, 0.5) is 14.5 Å². The molecule has 0 aliphatic heterocycles. The molecular weight excluding hydrogens is 300 g/mol. The third-order valence-electron chi connectivity index (χ3n) is 4.84. The topological polar surface area (TPSA) is 49.7 Å². The second kappa shape index (κ2) is 6.22. The standard InChI is InChI=1S/C18H19F2NO2/c19-12-4-5-14(20)15(8-12)21-11-13-16(22)9-18(10-17(13)23)6-2-1-3-7-18/h4-5,8,11,22H,1-3,6-7,9-10H2. The van der Waals surface area contributed by atoms with Gasteiger partial charge in [0.05, 0.1) is 5.57 Å². The van der Waals surface area contributed by atoms with Gasteiger partial charge in [-0.05, 0) is 30.4 Å². The Morgan fingerprint density at radius 1 is 1.13 bits per heavy atom. The minimum Gasteiger partial charge on any atom is -0.511 e. The second-order valence-electron chi connectivity index (χ2n) is 6.55. The molecule has 0 unspecified atom stereocenters. The van der Waals surface area contributed by atoms with Crippen LogP contribution in [0.25, 0.3) is 0 Å². The summed E-state index contributed by atoms with van der Waals surface area (Å²) in [5.74, 6) is -1.43. The van der Waals surface area contributed by atoms with Gasteiger partial charge in [-0.1, -0.05) is 19.3 Å². The lowest BCUT2D eigenvalue weighted by Crippen LogP contribution is -2.33. The van der Waals surface area contributed by atoms with Crippen molar-refractivity contribution in [3.05, 3.63) is 41.2 Å². The number of benzene rings is 1. The Hall–Kier alpha value is -2.04. The number of nitrogens with zero attached hydrogens (tertiary/aromatic N) is 1. The van der Waals surface area contributed by atoms with Gasteiger partial charge in [-0.3, -0.25) is 9.79 Å². The van der Waals surface area contributed by atoms with Gasteiger partial charge in [-0.25, -0.2) is 8.78 Å². The molecular formula is C18H19F2NO2. The molecule has 5 heteroatoms. The fourth-order valence-corrected chi connectivity index (χ4v) is 3.63. The molecule has 23 heavy (non-hydrogen) atoms. The molecule has 2 aliphatic carbocycles. The van der Waals surface area contributed by atoms with E-state index in [0.29, 0.717) is 12.8 Å². The van der Waals surface area contributed by atoms with Crippen molar-refractivity contribution in [3.63, 3.8) is 0 Å². The summed E-state index contributed by atoms with van der Waals surface area (Å²) in [6, 6.07) is 2.94. The molecule has 0 bridgehead atoms. The number of ketones is 1. The van der Waals surface area contributed by atoms with Crippen LogP contribution in [0, 0.1) is 17.0 Å². The summed E-state index contributed by atoms with van der Waals surface area (Å²) < 4.78 is 26.7. The molecule has 0 saturated heterocycles. The molecule has 1 spiro atoms. The van der Waals surface area contributed by atoms with E-state index >= 15 is 0 Å². The molecule has 2 aliphatic rings. The maximum atomic E-state index is 13.6. The number of aliphatic imine (C=N–C) groups is 1. The number of carbonyl (C=O) groups is 1. The predicted octanol–water partition coefficient (Wildman–Crippen LogP) is 4.79. The Kier molecular flexibility index (Phi) is 4.28. The average molecular weight is 319 g/mol. The van der Waals surface area contributed by atoms with E-state index in [1.54, 1.807) is 0 Å². The molecule has 1 fully saturated rings. The molecule has 0 radical (unpaired) electrons. The van der Waals surface area contributed by atoms with Gasteiger partial charge in [0.15, 0.2) is 5.78 Å². The van der Waals surface area contributed by atoms with Gasteiger partial charge in [-0.15, -0.1) is 0 Å². The van der Waals surface area contributed by atoms with Crippen molar-refractivity contribution in [3.8, 4) is 0 Å². The first kappa shape index (κ1) is 15.8. The van der Waals surface area contributed by atoms with Crippen molar-refractivity contribution < 1.29 is 18.7 Å². The van der Waals surface area contributed by atoms with E-state index in [4.69, 9.17) is 0 Å². The van der Waals surface area contributed by atoms with Crippen molar-refractivity contribution in [2.45, 2.75) is 44.9 Å². The summed E-state index contributed by atoms with van der Waals surface area (Å²) in [5.41, 5.74) is -0.193. The zero-order chi connectivity index (χ0) is 16.4. The molecule has 122 valence electrons. The Morgan fingerprint density at radius 3 is 2.57 bits per heavy atom. The predicted molar refractivity (Wildman–Crippen MR) is 83.9 cm³/mol. The normalized spacial score (nSPS) is 21.4. The number of aliphatic hydroxyl groups is 1. The van der Waals surface area contributed by atoms with Crippen molar-refractivity contribution >= 4 is 17.7 Å². The van der Waals surface area contributed by atoms with Gasteiger partial charge in [0.25, 0.3) is 0 Å². The zero-order valence-corrected chi connectivity index (χ0v) is 12.8. The Bertz CT molecular complexity index is 688. The van der Waals surface area contributed by atoms with Gasteiger partial charge in [-0.2, -0.15) is 0 Å². The van der Waals surface area contributed by atoms with E-state index in [1.807, 2.05) is 0 Å². The number of carbonyl (C=O) groups excluding carboxylic acids is 1. The summed E-state index contributed by atoms with van der Waals surface area (Å²) in [5, 5.41) is 10.3. The van der Waals surface area contributed by atoms with Crippen LogP contribution >= 0.6 is 0 Å². The van der Waals surface area contributed by atoms with Crippen LogP contribution in [0.5, 0.6) is 0 Å². The average Bonchev–Trinajstić information content (AvgIpc) is 2.50. The first-order valence-electron chi connectivity index (χ1n) is 7.94. The third kappa shape index (κ3) is 3.33. The number of Topliss-reactive ketones (excluding diaryl/α,β-unsaturated/α-hetero) is 1. The number of aliphatic hydroxyl groups excluding tert-OH is 1. The highest BCUT2D eigenvalue weighted by molar-refractivity contribution is 6.15. The molecule has 0 atom stereocenters. The molecule has 1 N–H and O–H groups in total. The second-order valence-corrected chi connectivity index (χ2v) is 6.55. The van der Waals surface area contributed by atoms with Crippen LogP contribution in [-0.2, 0) is 4.79 Å². The van der Waals surface area contributed by atoms with E-state index in [2.05, 4.69) is 4.99 Å². The Labute approximate surface area is 133 Å². The number of hydrogen-bond donors (Lipinski definition) is 1. The number of halogens is 2. The highest BCUT2D eigenvalue weighted by Crippen LogP contribution is 2.47. The minimum absolute atomic E-state index is 0.0173. The van der Waals surface area contributed by atoms with Gasteiger partial charge in [0.2, 0.25) is 0 Å². The summed E-state index contributed by atoms with van der Waals surface area (Å²) in [6.07, 6.45) is 7.25.